The van der Waals surface area contributed by atoms with Crippen LogP contribution in [0.1, 0.15) is 18.4 Å². The van der Waals surface area contributed by atoms with Crippen LogP contribution in [0.5, 0.6) is 0 Å². The van der Waals surface area contributed by atoms with Crippen molar-refractivity contribution in [1.29, 1.82) is 0 Å². The molecule has 0 radical (unpaired) electrons. The van der Waals surface area contributed by atoms with Crippen LogP contribution < -0.4 is 5.32 Å². The second-order valence-electron chi connectivity index (χ2n) is 5.61. The number of benzene rings is 1. The monoisotopic (exact) mass is 325 g/mol. The van der Waals surface area contributed by atoms with Crippen molar-refractivity contribution in [2.24, 2.45) is 0 Å². The fraction of sp³-hybridized carbons (Fsp3) is 0.467. The van der Waals surface area contributed by atoms with E-state index < -0.39 is 0 Å². The molecule has 5 nitrogen and oxygen atoms in total. The number of halogens is 2. The van der Waals surface area contributed by atoms with Crippen LogP contribution in [0.3, 0.4) is 0 Å². The summed E-state index contributed by atoms with van der Waals surface area (Å²) >= 11 is 6.06. The van der Waals surface area contributed by atoms with E-state index in [1.165, 1.54) is 11.0 Å². The third kappa shape index (κ3) is 3.23. The molecule has 1 saturated heterocycles. The number of hydrogen-bond acceptors (Lipinski definition) is 3. The van der Waals surface area contributed by atoms with Crippen LogP contribution in [0.15, 0.2) is 18.2 Å². The first-order chi connectivity index (χ1) is 10.6. The number of nitrogens with one attached hydrogen (secondary N) is 1. The van der Waals surface area contributed by atoms with Crippen molar-refractivity contribution in [3.8, 4) is 0 Å². The van der Waals surface area contributed by atoms with E-state index >= 15 is 0 Å². The Morgan fingerprint density at radius 2 is 2.23 bits per heavy atom. The zero-order valence-corrected chi connectivity index (χ0v) is 12.8. The van der Waals surface area contributed by atoms with Crippen LogP contribution in [0.25, 0.3) is 0 Å². The van der Waals surface area contributed by atoms with Gasteiger partial charge in [0.15, 0.2) is 0 Å². The molecule has 2 fully saturated rings. The lowest BCUT2D eigenvalue weighted by Crippen LogP contribution is -2.42. The Balaban J connectivity index is 1.71. The first-order valence-electron chi connectivity index (χ1n) is 7.31. The van der Waals surface area contributed by atoms with E-state index in [1.807, 2.05) is 4.90 Å². The average Bonchev–Trinajstić information content (AvgIpc) is 3.23. The highest BCUT2D eigenvalue weighted by Gasteiger charge is 2.34. The number of amides is 3. The Morgan fingerprint density at radius 3 is 2.82 bits per heavy atom. The van der Waals surface area contributed by atoms with Gasteiger partial charge < -0.3 is 5.32 Å². The quantitative estimate of drug-likeness (QED) is 0.901. The average molecular weight is 326 g/mol. The van der Waals surface area contributed by atoms with E-state index in [2.05, 4.69) is 5.32 Å². The van der Waals surface area contributed by atoms with Gasteiger partial charge in [0, 0.05) is 36.3 Å². The number of rotatable bonds is 5. The number of urea groups is 1. The summed E-state index contributed by atoms with van der Waals surface area (Å²) < 4.78 is 13.9. The number of carbonyl (C=O) groups is 2. The van der Waals surface area contributed by atoms with E-state index in [0.29, 0.717) is 23.7 Å². The fourth-order valence-electron chi connectivity index (χ4n) is 2.61. The van der Waals surface area contributed by atoms with E-state index in [-0.39, 0.29) is 36.9 Å². The van der Waals surface area contributed by atoms with Gasteiger partial charge in [0.1, 0.15) is 5.82 Å². The van der Waals surface area contributed by atoms with Gasteiger partial charge in [-0.2, -0.15) is 0 Å². The molecule has 22 heavy (non-hydrogen) atoms. The summed E-state index contributed by atoms with van der Waals surface area (Å²) in [7, 11) is 0. The molecule has 0 atom stereocenters. The van der Waals surface area contributed by atoms with Crippen LogP contribution in [0.4, 0.5) is 9.18 Å². The molecule has 0 unspecified atom stereocenters. The van der Waals surface area contributed by atoms with Gasteiger partial charge in [0.05, 0.1) is 6.54 Å². The van der Waals surface area contributed by atoms with Crippen molar-refractivity contribution < 1.29 is 14.0 Å². The van der Waals surface area contributed by atoms with Gasteiger partial charge in [-0.3, -0.25) is 14.6 Å². The van der Waals surface area contributed by atoms with Crippen LogP contribution in [0.2, 0.25) is 5.02 Å². The van der Waals surface area contributed by atoms with E-state index in [9.17, 15) is 14.0 Å². The molecule has 0 bridgehead atoms. The minimum atomic E-state index is -0.371. The van der Waals surface area contributed by atoms with Crippen molar-refractivity contribution in [2.45, 2.75) is 25.4 Å². The van der Waals surface area contributed by atoms with Crippen LogP contribution >= 0.6 is 11.6 Å². The molecule has 1 aromatic carbocycles. The highest BCUT2D eigenvalue weighted by Crippen LogP contribution is 2.30. The minimum Gasteiger partial charge on any atom is -0.336 e. The lowest BCUT2D eigenvalue weighted by molar-refractivity contribution is -0.129. The molecule has 1 aliphatic carbocycles. The maximum Gasteiger partial charge on any atom is 0.324 e. The number of imide groups is 1. The molecule has 118 valence electrons. The molecule has 3 amide bonds. The summed E-state index contributed by atoms with van der Waals surface area (Å²) in [4.78, 5) is 26.9. The van der Waals surface area contributed by atoms with Gasteiger partial charge >= 0.3 is 6.03 Å². The van der Waals surface area contributed by atoms with E-state index in [1.54, 1.807) is 12.1 Å². The Bertz CT molecular complexity index is 586. The Morgan fingerprint density at radius 1 is 1.45 bits per heavy atom. The number of nitrogens with zero attached hydrogens (tertiary/aromatic N) is 2. The highest BCUT2D eigenvalue weighted by molar-refractivity contribution is 6.31. The predicted octanol–water partition coefficient (Wildman–Crippen LogP) is 2.00. The largest absolute Gasteiger partial charge is 0.336 e. The van der Waals surface area contributed by atoms with E-state index in [4.69, 9.17) is 11.6 Å². The maximum atomic E-state index is 13.9. The molecule has 3 rings (SSSR count). The van der Waals surface area contributed by atoms with Gasteiger partial charge in [-0.05, 0) is 25.0 Å². The molecule has 7 heteroatoms. The zero-order valence-electron chi connectivity index (χ0n) is 12.0. The Kier molecular flexibility index (Phi) is 4.31. The minimum absolute atomic E-state index is 0.1000. The third-order valence-corrected chi connectivity index (χ3v) is 4.34. The summed E-state index contributed by atoms with van der Waals surface area (Å²) in [6, 6.07) is 4.46. The van der Waals surface area contributed by atoms with Crippen molar-refractivity contribution in [1.82, 2.24) is 15.1 Å². The smallest absolute Gasteiger partial charge is 0.324 e. The summed E-state index contributed by atoms with van der Waals surface area (Å²) in [5.74, 6) is -0.626. The molecule has 1 heterocycles. The first-order valence-corrected chi connectivity index (χ1v) is 7.69. The van der Waals surface area contributed by atoms with Gasteiger partial charge in [0.25, 0.3) is 0 Å². The Hall–Kier alpha value is -1.66. The molecular weight excluding hydrogens is 309 g/mol. The molecule has 0 aromatic heterocycles. The molecule has 2 aliphatic rings. The molecular formula is C15H17ClFN3O2. The van der Waals surface area contributed by atoms with E-state index in [0.717, 1.165) is 12.8 Å². The van der Waals surface area contributed by atoms with Gasteiger partial charge in [0.2, 0.25) is 5.91 Å². The molecule has 0 spiro atoms. The summed E-state index contributed by atoms with van der Waals surface area (Å²) in [5.41, 5.74) is 0.398. The molecule has 1 aliphatic heterocycles. The highest BCUT2D eigenvalue weighted by atomic mass is 35.5. The third-order valence-electron chi connectivity index (χ3n) is 3.98. The topological polar surface area (TPSA) is 52.7 Å². The normalized spacial score (nSPS) is 18.0. The summed E-state index contributed by atoms with van der Waals surface area (Å²) in [6.45, 7) is 1.24. The first kappa shape index (κ1) is 15.2. The molecule has 1 N–H and O–H groups in total. The van der Waals surface area contributed by atoms with Gasteiger partial charge in [-0.1, -0.05) is 17.7 Å². The molecule has 1 aromatic rings. The second kappa shape index (κ2) is 6.22. The van der Waals surface area contributed by atoms with Gasteiger partial charge in [-0.25, -0.2) is 9.18 Å². The molecule has 1 saturated carbocycles. The van der Waals surface area contributed by atoms with Crippen molar-refractivity contribution in [2.75, 3.05) is 19.6 Å². The summed E-state index contributed by atoms with van der Waals surface area (Å²) in [6.07, 6.45) is 1.96. The van der Waals surface area contributed by atoms with Crippen molar-refractivity contribution in [3.63, 3.8) is 0 Å². The lowest BCUT2D eigenvalue weighted by atomic mass is 10.2. The second-order valence-corrected chi connectivity index (χ2v) is 6.02. The van der Waals surface area contributed by atoms with Gasteiger partial charge in [-0.15, -0.1) is 0 Å². The SMILES string of the molecule is O=C(CN(Cc1c(F)cccc1Cl)C1CC1)N1CCNC1=O. The van der Waals surface area contributed by atoms with Crippen molar-refractivity contribution >= 4 is 23.5 Å². The zero-order chi connectivity index (χ0) is 15.7. The van der Waals surface area contributed by atoms with Crippen LogP contribution in [-0.4, -0.2) is 47.4 Å². The van der Waals surface area contributed by atoms with Crippen LogP contribution in [-0.2, 0) is 11.3 Å². The van der Waals surface area contributed by atoms with Crippen molar-refractivity contribution in [3.05, 3.63) is 34.6 Å². The Labute approximate surface area is 133 Å². The lowest BCUT2D eigenvalue weighted by Gasteiger charge is -2.24. The number of hydrogen-bond donors (Lipinski definition) is 1. The summed E-state index contributed by atoms with van der Waals surface area (Å²) in [5, 5.41) is 2.96. The standard InChI is InChI=1S/C15H17ClFN3O2/c16-12-2-1-3-13(17)11(12)8-19(10-4-5-10)9-14(21)20-7-6-18-15(20)22/h1-3,10H,4-9H2,(H,18,22). The van der Waals surface area contributed by atoms with Crippen LogP contribution in [0, 0.1) is 5.82 Å². The maximum absolute atomic E-state index is 13.9. The number of carbonyl (C=O) groups excluding carboxylic acids is 2. The fourth-order valence-corrected chi connectivity index (χ4v) is 2.83. The predicted molar refractivity (Wildman–Crippen MR) is 80.0 cm³/mol.